The fraction of sp³-hybridized carbons (Fsp3) is 0.389. The highest BCUT2D eigenvalue weighted by Crippen LogP contribution is 2.20. The largest absolute Gasteiger partial charge is 0.378 e. The van der Waals surface area contributed by atoms with Gasteiger partial charge in [0, 0.05) is 31.6 Å². The van der Waals surface area contributed by atoms with Crippen LogP contribution in [0.3, 0.4) is 0 Å². The molecule has 0 bridgehead atoms. The maximum absolute atomic E-state index is 12.0. The molecule has 2 amide bonds. The van der Waals surface area contributed by atoms with E-state index < -0.39 is 0 Å². The molecule has 0 atom stereocenters. The number of aromatic nitrogens is 1. The van der Waals surface area contributed by atoms with Gasteiger partial charge >= 0.3 is 6.03 Å². The van der Waals surface area contributed by atoms with Crippen LogP contribution < -0.4 is 10.6 Å². The van der Waals surface area contributed by atoms with Crippen LogP contribution in [0.4, 0.5) is 10.6 Å². The predicted octanol–water partition coefficient (Wildman–Crippen LogP) is 1.87. The average Bonchev–Trinajstić information content (AvgIpc) is 2.65. The van der Waals surface area contributed by atoms with Crippen LogP contribution in [0.25, 0.3) is 10.9 Å². The lowest BCUT2D eigenvalue weighted by atomic mass is 10.1. The molecule has 7 heteroatoms. The Bertz CT molecular complexity index is 809. The zero-order valence-electron chi connectivity index (χ0n) is 14.2. The van der Waals surface area contributed by atoms with Gasteiger partial charge in [0.15, 0.2) is 0 Å². The van der Waals surface area contributed by atoms with Crippen molar-refractivity contribution < 1.29 is 9.53 Å². The maximum Gasteiger partial charge on any atom is 0.317 e. The van der Waals surface area contributed by atoms with E-state index in [1.165, 1.54) is 0 Å². The molecule has 1 aliphatic rings. The van der Waals surface area contributed by atoms with E-state index in [1.54, 1.807) is 4.90 Å². The number of fused-ring (bicyclic) bond motifs is 1. The first-order valence-electron chi connectivity index (χ1n) is 8.33. The summed E-state index contributed by atoms with van der Waals surface area (Å²) >= 11 is 0. The molecule has 1 aromatic heterocycles. The molecule has 25 heavy (non-hydrogen) atoms. The Labute approximate surface area is 146 Å². The molecule has 2 heterocycles. The summed E-state index contributed by atoms with van der Waals surface area (Å²) in [6.07, 6.45) is 0. The molecular weight excluding hydrogens is 318 g/mol. The Balaban J connectivity index is 1.58. The number of carbonyl (C=O) groups excluding carboxylic acids is 1. The molecule has 1 saturated heterocycles. The van der Waals surface area contributed by atoms with Crippen LogP contribution in [0.2, 0.25) is 0 Å². The quantitative estimate of drug-likeness (QED) is 0.830. The van der Waals surface area contributed by atoms with Crippen molar-refractivity contribution in [2.24, 2.45) is 0 Å². The van der Waals surface area contributed by atoms with E-state index in [1.807, 2.05) is 31.2 Å². The van der Waals surface area contributed by atoms with Crippen molar-refractivity contribution in [2.45, 2.75) is 6.92 Å². The van der Waals surface area contributed by atoms with Crippen molar-refractivity contribution in [3.05, 3.63) is 35.4 Å². The van der Waals surface area contributed by atoms with Gasteiger partial charge in [0.05, 0.1) is 24.3 Å². The first-order chi connectivity index (χ1) is 12.2. The van der Waals surface area contributed by atoms with E-state index in [-0.39, 0.29) is 6.03 Å². The normalized spacial score (nSPS) is 14.2. The number of urea groups is 1. The third-order valence-electron chi connectivity index (χ3n) is 4.08. The molecule has 0 unspecified atom stereocenters. The molecule has 2 N–H and O–H groups in total. The van der Waals surface area contributed by atoms with Gasteiger partial charge in [0.2, 0.25) is 0 Å². The SMILES string of the molecule is Cc1ccc2nc(NCCNC(=O)N3CCOCC3)c(C#N)cc2c1. The van der Waals surface area contributed by atoms with Gasteiger partial charge in [-0.1, -0.05) is 11.6 Å². The highest BCUT2D eigenvalue weighted by Gasteiger charge is 2.15. The van der Waals surface area contributed by atoms with Gasteiger partial charge < -0.3 is 20.3 Å². The zero-order chi connectivity index (χ0) is 17.6. The van der Waals surface area contributed by atoms with Gasteiger partial charge in [-0.3, -0.25) is 0 Å². The van der Waals surface area contributed by atoms with Gasteiger partial charge in [0.1, 0.15) is 11.9 Å². The van der Waals surface area contributed by atoms with E-state index in [9.17, 15) is 10.1 Å². The number of nitrogens with one attached hydrogen (secondary N) is 2. The highest BCUT2D eigenvalue weighted by molar-refractivity contribution is 5.83. The fourth-order valence-electron chi connectivity index (χ4n) is 2.74. The Morgan fingerprint density at radius 3 is 2.88 bits per heavy atom. The number of ether oxygens (including phenoxy) is 1. The molecule has 0 radical (unpaired) electrons. The number of nitriles is 1. The van der Waals surface area contributed by atoms with Crippen molar-refractivity contribution in [3.63, 3.8) is 0 Å². The van der Waals surface area contributed by atoms with Crippen molar-refractivity contribution in [3.8, 4) is 6.07 Å². The van der Waals surface area contributed by atoms with Gasteiger partial charge in [-0.05, 0) is 25.1 Å². The average molecular weight is 339 g/mol. The van der Waals surface area contributed by atoms with Crippen LogP contribution in [-0.4, -0.2) is 55.3 Å². The monoisotopic (exact) mass is 339 g/mol. The van der Waals surface area contributed by atoms with E-state index in [0.29, 0.717) is 50.8 Å². The third kappa shape index (κ3) is 4.17. The summed E-state index contributed by atoms with van der Waals surface area (Å²) in [5.74, 6) is 0.541. The number of carbonyl (C=O) groups is 1. The number of hydrogen-bond acceptors (Lipinski definition) is 5. The number of rotatable bonds is 4. The minimum Gasteiger partial charge on any atom is -0.378 e. The number of nitrogens with zero attached hydrogens (tertiary/aromatic N) is 3. The molecule has 1 fully saturated rings. The van der Waals surface area contributed by atoms with Gasteiger partial charge in [-0.15, -0.1) is 0 Å². The molecule has 3 rings (SSSR count). The second-order valence-electron chi connectivity index (χ2n) is 5.95. The topological polar surface area (TPSA) is 90.3 Å². The second-order valence-corrected chi connectivity index (χ2v) is 5.95. The Hall–Kier alpha value is -2.85. The molecule has 2 aromatic rings. The number of aryl methyl sites for hydroxylation is 1. The Morgan fingerprint density at radius 1 is 1.32 bits per heavy atom. The molecule has 0 aliphatic carbocycles. The Morgan fingerprint density at radius 2 is 2.12 bits per heavy atom. The number of amides is 2. The summed E-state index contributed by atoms with van der Waals surface area (Å²) in [7, 11) is 0. The van der Waals surface area contributed by atoms with E-state index in [2.05, 4.69) is 21.7 Å². The number of morpholine rings is 1. The molecule has 7 nitrogen and oxygen atoms in total. The first kappa shape index (κ1) is 17.0. The second kappa shape index (κ2) is 7.81. The lowest BCUT2D eigenvalue weighted by molar-refractivity contribution is 0.0533. The maximum atomic E-state index is 12.0. The standard InChI is InChI=1S/C18H21N5O2/c1-13-2-3-16-14(10-13)11-15(12-19)17(22-16)20-4-5-21-18(24)23-6-8-25-9-7-23/h2-3,10-11H,4-9H2,1H3,(H,20,22)(H,21,24). The van der Waals surface area contributed by atoms with Crippen molar-refractivity contribution in [1.82, 2.24) is 15.2 Å². The summed E-state index contributed by atoms with van der Waals surface area (Å²) < 4.78 is 5.23. The van der Waals surface area contributed by atoms with E-state index in [0.717, 1.165) is 16.5 Å². The summed E-state index contributed by atoms with van der Waals surface area (Å²) in [6.45, 7) is 5.35. The number of pyridine rings is 1. The summed E-state index contributed by atoms with van der Waals surface area (Å²) in [5, 5.41) is 16.3. The van der Waals surface area contributed by atoms with Crippen LogP contribution in [0.5, 0.6) is 0 Å². The first-order valence-corrected chi connectivity index (χ1v) is 8.33. The zero-order valence-corrected chi connectivity index (χ0v) is 14.2. The highest BCUT2D eigenvalue weighted by atomic mass is 16.5. The van der Waals surface area contributed by atoms with Crippen molar-refractivity contribution >= 4 is 22.8 Å². The molecule has 0 saturated carbocycles. The van der Waals surface area contributed by atoms with Crippen LogP contribution in [0, 0.1) is 18.3 Å². The third-order valence-corrected chi connectivity index (χ3v) is 4.08. The van der Waals surface area contributed by atoms with Gasteiger partial charge in [-0.2, -0.15) is 5.26 Å². The number of benzene rings is 1. The van der Waals surface area contributed by atoms with Crippen molar-refractivity contribution in [1.29, 1.82) is 5.26 Å². The Kier molecular flexibility index (Phi) is 5.31. The van der Waals surface area contributed by atoms with Gasteiger partial charge in [0.25, 0.3) is 0 Å². The van der Waals surface area contributed by atoms with Crippen LogP contribution in [0.15, 0.2) is 24.3 Å². The minimum absolute atomic E-state index is 0.0902. The number of anilines is 1. The summed E-state index contributed by atoms with van der Waals surface area (Å²) in [4.78, 5) is 18.3. The van der Waals surface area contributed by atoms with Gasteiger partial charge in [-0.25, -0.2) is 9.78 Å². The van der Waals surface area contributed by atoms with E-state index in [4.69, 9.17) is 4.74 Å². The summed E-state index contributed by atoms with van der Waals surface area (Å²) in [6, 6.07) is 9.87. The predicted molar refractivity (Wildman–Crippen MR) is 95.5 cm³/mol. The molecule has 130 valence electrons. The molecular formula is C18H21N5O2. The lowest BCUT2D eigenvalue weighted by Crippen LogP contribution is -2.47. The minimum atomic E-state index is -0.0902. The van der Waals surface area contributed by atoms with Crippen LogP contribution in [-0.2, 0) is 4.74 Å². The van der Waals surface area contributed by atoms with Crippen LogP contribution in [0.1, 0.15) is 11.1 Å². The fourth-order valence-corrected chi connectivity index (χ4v) is 2.74. The molecule has 1 aromatic carbocycles. The van der Waals surface area contributed by atoms with Crippen molar-refractivity contribution in [2.75, 3.05) is 44.7 Å². The lowest BCUT2D eigenvalue weighted by Gasteiger charge is -2.26. The van der Waals surface area contributed by atoms with E-state index >= 15 is 0 Å². The van der Waals surface area contributed by atoms with Crippen LogP contribution >= 0.6 is 0 Å². The smallest absolute Gasteiger partial charge is 0.317 e. The summed E-state index contributed by atoms with van der Waals surface area (Å²) in [5.41, 5.74) is 2.46. The molecule has 1 aliphatic heterocycles. The molecule has 0 spiro atoms. The number of hydrogen-bond donors (Lipinski definition) is 2.